The van der Waals surface area contributed by atoms with Gasteiger partial charge >= 0.3 is 0 Å². The standard InChI is InChI=1S/C14H19/c1-2-4-6-8-10-12-14-13-11-9-7-5-3-1/h1-4,11-13H,5-9,14H2/b3-1+,4-2+,12-10?,13-11+. The molecule has 0 fully saturated rings. The number of rotatable bonds is 0. The Bertz CT molecular complexity index is 228. The van der Waals surface area contributed by atoms with E-state index in [0.29, 0.717) is 0 Å². The van der Waals surface area contributed by atoms with Crippen LogP contribution < -0.4 is 0 Å². The highest BCUT2D eigenvalue weighted by atomic mass is 13.9. The summed E-state index contributed by atoms with van der Waals surface area (Å²) in [6.45, 7) is 0. The Balaban J connectivity index is 2.34. The van der Waals surface area contributed by atoms with Gasteiger partial charge in [-0.1, -0.05) is 42.5 Å². The van der Waals surface area contributed by atoms with E-state index in [0.717, 1.165) is 19.3 Å². The first-order chi connectivity index (χ1) is 7.00. The number of hydrogen-bond donors (Lipinski definition) is 0. The minimum absolute atomic E-state index is 1.04. The maximum absolute atomic E-state index is 3.29. The summed E-state index contributed by atoms with van der Waals surface area (Å²) in [6, 6.07) is 0. The Morgan fingerprint density at radius 2 is 1.57 bits per heavy atom. The maximum atomic E-state index is 3.29. The third kappa shape index (κ3) is 6.47. The Morgan fingerprint density at radius 3 is 2.50 bits per heavy atom. The van der Waals surface area contributed by atoms with Crippen LogP contribution in [0.1, 0.15) is 38.5 Å². The summed E-state index contributed by atoms with van der Waals surface area (Å²) in [6.07, 6.45) is 25.5. The van der Waals surface area contributed by atoms with Gasteiger partial charge in [-0.25, -0.2) is 0 Å². The van der Waals surface area contributed by atoms with Gasteiger partial charge in [0.2, 0.25) is 0 Å². The summed E-state index contributed by atoms with van der Waals surface area (Å²) in [7, 11) is 0. The molecule has 0 amide bonds. The van der Waals surface area contributed by atoms with Gasteiger partial charge in [0, 0.05) is 0 Å². The number of hydrogen-bond acceptors (Lipinski definition) is 0. The maximum Gasteiger partial charge on any atom is -0.0163 e. The van der Waals surface area contributed by atoms with Crippen LogP contribution in [0.5, 0.6) is 0 Å². The van der Waals surface area contributed by atoms with Gasteiger partial charge in [0.05, 0.1) is 0 Å². The van der Waals surface area contributed by atoms with Gasteiger partial charge in [0.1, 0.15) is 0 Å². The molecule has 0 heteroatoms. The van der Waals surface area contributed by atoms with Gasteiger partial charge in [0.15, 0.2) is 0 Å². The summed E-state index contributed by atoms with van der Waals surface area (Å²) in [4.78, 5) is 0. The molecule has 0 aromatic rings. The molecule has 0 saturated carbocycles. The van der Waals surface area contributed by atoms with Crippen molar-refractivity contribution in [3.8, 4) is 0 Å². The average molecular weight is 187 g/mol. The first-order valence-electron chi connectivity index (χ1n) is 5.52. The van der Waals surface area contributed by atoms with E-state index >= 15 is 0 Å². The molecule has 0 unspecified atom stereocenters. The lowest BCUT2D eigenvalue weighted by molar-refractivity contribution is 0.865. The first kappa shape index (κ1) is 11.0. The Hall–Kier alpha value is -1.04. The third-order valence-electron chi connectivity index (χ3n) is 2.15. The van der Waals surface area contributed by atoms with Crippen LogP contribution in [0.25, 0.3) is 0 Å². The molecule has 0 nitrogen and oxygen atoms in total. The van der Waals surface area contributed by atoms with Crippen molar-refractivity contribution >= 4 is 0 Å². The van der Waals surface area contributed by atoms with Gasteiger partial charge in [-0.3, -0.25) is 0 Å². The van der Waals surface area contributed by atoms with Crippen LogP contribution in [0.15, 0.2) is 42.5 Å². The van der Waals surface area contributed by atoms with Gasteiger partial charge in [0.25, 0.3) is 0 Å². The topological polar surface area (TPSA) is 0 Å². The molecule has 0 aromatic heterocycles. The van der Waals surface area contributed by atoms with Crippen LogP contribution in [0.2, 0.25) is 0 Å². The van der Waals surface area contributed by atoms with E-state index in [9.17, 15) is 0 Å². The smallest absolute Gasteiger partial charge is 0.0163 e. The zero-order chi connectivity index (χ0) is 9.90. The minimum Gasteiger partial charge on any atom is -0.0882 e. The molecule has 1 radical (unpaired) electrons. The lowest BCUT2D eigenvalue weighted by Gasteiger charge is -1.91. The summed E-state index contributed by atoms with van der Waals surface area (Å²) < 4.78 is 0. The summed E-state index contributed by atoms with van der Waals surface area (Å²) in [5, 5.41) is 0. The van der Waals surface area contributed by atoms with Crippen LogP contribution in [0, 0.1) is 6.08 Å². The van der Waals surface area contributed by atoms with Crippen molar-refractivity contribution in [1.29, 1.82) is 0 Å². The van der Waals surface area contributed by atoms with E-state index in [1.165, 1.54) is 19.3 Å². The molecule has 1 aliphatic rings. The molecule has 0 spiro atoms. The van der Waals surface area contributed by atoms with E-state index in [2.05, 4.69) is 48.6 Å². The molecule has 0 heterocycles. The molecular formula is C14H19. The fraction of sp³-hybridized carbons (Fsp3) is 0.429. The van der Waals surface area contributed by atoms with Crippen LogP contribution in [0.4, 0.5) is 0 Å². The van der Waals surface area contributed by atoms with Gasteiger partial charge in [-0.05, 0) is 44.6 Å². The lowest BCUT2D eigenvalue weighted by Crippen LogP contribution is -1.71. The third-order valence-corrected chi connectivity index (χ3v) is 2.15. The second-order valence-electron chi connectivity index (χ2n) is 3.44. The van der Waals surface area contributed by atoms with Crippen molar-refractivity contribution in [2.24, 2.45) is 0 Å². The van der Waals surface area contributed by atoms with Crippen molar-refractivity contribution in [3.05, 3.63) is 48.6 Å². The van der Waals surface area contributed by atoms with E-state index in [1.54, 1.807) is 0 Å². The van der Waals surface area contributed by atoms with Crippen molar-refractivity contribution in [2.75, 3.05) is 0 Å². The fourth-order valence-corrected chi connectivity index (χ4v) is 1.34. The minimum atomic E-state index is 1.04. The van der Waals surface area contributed by atoms with Gasteiger partial charge in [-0.2, -0.15) is 0 Å². The Morgan fingerprint density at radius 1 is 0.786 bits per heavy atom. The SMILES string of the molecule is [C]1=C/C/C=C/CCC/C=C/C=C/CC/1. The summed E-state index contributed by atoms with van der Waals surface area (Å²) >= 11 is 0. The largest absolute Gasteiger partial charge is 0.0882 e. The molecule has 75 valence electrons. The van der Waals surface area contributed by atoms with Gasteiger partial charge < -0.3 is 0 Å². The quantitative estimate of drug-likeness (QED) is 0.494. The van der Waals surface area contributed by atoms with E-state index in [4.69, 9.17) is 0 Å². The zero-order valence-corrected chi connectivity index (χ0v) is 8.78. The highest BCUT2D eigenvalue weighted by Gasteiger charge is 1.81. The van der Waals surface area contributed by atoms with Crippen LogP contribution in [0.3, 0.4) is 0 Å². The molecule has 1 aliphatic carbocycles. The second kappa shape index (κ2) is 8.55. The van der Waals surface area contributed by atoms with E-state index in [1.807, 2.05) is 0 Å². The molecule has 0 aromatic carbocycles. The molecule has 0 atom stereocenters. The van der Waals surface area contributed by atoms with Crippen LogP contribution in [-0.2, 0) is 0 Å². The summed E-state index contributed by atoms with van der Waals surface area (Å²) in [5.41, 5.74) is 0. The van der Waals surface area contributed by atoms with E-state index in [-0.39, 0.29) is 0 Å². The fourth-order valence-electron chi connectivity index (χ4n) is 1.34. The lowest BCUT2D eigenvalue weighted by atomic mass is 10.2. The zero-order valence-electron chi connectivity index (χ0n) is 8.78. The second-order valence-corrected chi connectivity index (χ2v) is 3.44. The molecule has 1 rings (SSSR count). The van der Waals surface area contributed by atoms with E-state index < -0.39 is 0 Å². The molecule has 0 N–H and O–H groups in total. The molecular weight excluding hydrogens is 168 g/mol. The van der Waals surface area contributed by atoms with Crippen molar-refractivity contribution in [3.63, 3.8) is 0 Å². The van der Waals surface area contributed by atoms with Crippen LogP contribution in [-0.4, -0.2) is 0 Å². The van der Waals surface area contributed by atoms with Crippen molar-refractivity contribution in [1.82, 2.24) is 0 Å². The average Bonchev–Trinajstić information content (AvgIpc) is 2.22. The normalized spacial score (nSPS) is 28.6. The predicted molar refractivity (Wildman–Crippen MR) is 62.9 cm³/mol. The Labute approximate surface area is 87.7 Å². The summed E-state index contributed by atoms with van der Waals surface area (Å²) in [5.74, 6) is 0. The van der Waals surface area contributed by atoms with Crippen LogP contribution >= 0.6 is 0 Å². The van der Waals surface area contributed by atoms with Crippen molar-refractivity contribution in [2.45, 2.75) is 38.5 Å². The molecule has 0 aliphatic heterocycles. The number of allylic oxidation sites excluding steroid dienone is 8. The highest BCUT2D eigenvalue weighted by Crippen LogP contribution is 2.01. The monoisotopic (exact) mass is 187 g/mol. The first-order valence-corrected chi connectivity index (χ1v) is 5.52. The van der Waals surface area contributed by atoms with Gasteiger partial charge in [-0.15, -0.1) is 0 Å². The highest BCUT2D eigenvalue weighted by molar-refractivity contribution is 5.03. The predicted octanol–water partition coefficient (Wildman–Crippen LogP) is 4.37. The molecule has 0 saturated heterocycles. The molecule has 14 heavy (non-hydrogen) atoms. The molecule has 0 bridgehead atoms. The van der Waals surface area contributed by atoms with Crippen molar-refractivity contribution < 1.29 is 0 Å². The Kier molecular flexibility index (Phi) is 6.74.